The van der Waals surface area contributed by atoms with E-state index in [0.29, 0.717) is 12.3 Å². The van der Waals surface area contributed by atoms with E-state index in [4.69, 9.17) is 9.94 Å². The molecule has 2 N–H and O–H groups in total. The number of hydrogen-bond acceptors (Lipinski definition) is 4. The number of hydrogen-bond donors (Lipinski definition) is 2. The standard InChI is InChI=1S/C16H20N2O4/c1-12(19)18-10-4-6-14(11-18)22-15-7-3-2-5-13(15)8-9-16(20)17-21/h2-3,5,7-9,14,21H,4,6,10-11H2,1H3,(H,17,20)/t14-/m0/s1. The van der Waals surface area contributed by atoms with Crippen LogP contribution in [-0.4, -0.2) is 41.1 Å². The molecule has 1 saturated heterocycles. The van der Waals surface area contributed by atoms with E-state index >= 15 is 0 Å². The monoisotopic (exact) mass is 304 g/mol. The molecule has 6 heteroatoms. The first-order valence-electron chi connectivity index (χ1n) is 7.23. The van der Waals surface area contributed by atoms with E-state index in [2.05, 4.69) is 0 Å². The fourth-order valence-electron chi connectivity index (χ4n) is 2.43. The van der Waals surface area contributed by atoms with Gasteiger partial charge in [0, 0.05) is 25.1 Å². The lowest BCUT2D eigenvalue weighted by Crippen LogP contribution is -2.43. The number of ether oxygens (including phenoxy) is 1. The summed E-state index contributed by atoms with van der Waals surface area (Å²) in [4.78, 5) is 24.3. The van der Waals surface area contributed by atoms with Crippen LogP contribution in [-0.2, 0) is 9.59 Å². The van der Waals surface area contributed by atoms with E-state index in [-0.39, 0.29) is 12.0 Å². The van der Waals surface area contributed by atoms with Crippen LogP contribution in [0.25, 0.3) is 6.08 Å². The van der Waals surface area contributed by atoms with Crippen molar-refractivity contribution in [1.82, 2.24) is 10.4 Å². The van der Waals surface area contributed by atoms with Gasteiger partial charge in [-0.05, 0) is 25.0 Å². The Bertz CT molecular complexity index is 571. The molecule has 0 radical (unpaired) electrons. The van der Waals surface area contributed by atoms with Crippen LogP contribution in [0.1, 0.15) is 25.3 Å². The fraction of sp³-hybridized carbons (Fsp3) is 0.375. The van der Waals surface area contributed by atoms with Crippen LogP contribution in [0, 0.1) is 0 Å². The van der Waals surface area contributed by atoms with Gasteiger partial charge >= 0.3 is 0 Å². The number of hydroxylamine groups is 1. The second kappa shape index (κ2) is 7.61. The molecule has 2 amide bonds. The third-order valence-corrected chi connectivity index (χ3v) is 3.56. The third kappa shape index (κ3) is 4.33. The van der Waals surface area contributed by atoms with E-state index in [1.165, 1.54) is 6.08 Å². The lowest BCUT2D eigenvalue weighted by molar-refractivity contribution is -0.131. The van der Waals surface area contributed by atoms with Crippen molar-refractivity contribution in [3.05, 3.63) is 35.9 Å². The van der Waals surface area contributed by atoms with Gasteiger partial charge in [-0.3, -0.25) is 14.8 Å². The molecule has 1 aromatic rings. The molecule has 1 aliphatic rings. The van der Waals surface area contributed by atoms with E-state index in [1.54, 1.807) is 23.4 Å². The van der Waals surface area contributed by atoms with Gasteiger partial charge < -0.3 is 9.64 Å². The Hall–Kier alpha value is -2.34. The highest BCUT2D eigenvalue weighted by atomic mass is 16.5. The summed E-state index contributed by atoms with van der Waals surface area (Å²) in [5.74, 6) is 0.108. The van der Waals surface area contributed by atoms with Crippen molar-refractivity contribution in [2.75, 3.05) is 13.1 Å². The first-order valence-corrected chi connectivity index (χ1v) is 7.23. The van der Waals surface area contributed by atoms with Gasteiger partial charge in [-0.2, -0.15) is 0 Å². The number of benzene rings is 1. The molecule has 0 bridgehead atoms. The predicted molar refractivity (Wildman–Crippen MR) is 81.3 cm³/mol. The maximum absolute atomic E-state index is 11.5. The zero-order chi connectivity index (χ0) is 15.9. The molecule has 6 nitrogen and oxygen atoms in total. The number of likely N-dealkylation sites (tertiary alicyclic amines) is 1. The number of amides is 2. The maximum atomic E-state index is 11.5. The molecule has 0 unspecified atom stereocenters. The van der Waals surface area contributed by atoms with Gasteiger partial charge in [0.25, 0.3) is 5.91 Å². The summed E-state index contributed by atoms with van der Waals surface area (Å²) in [5.41, 5.74) is 2.29. The molecule has 1 atom stereocenters. The zero-order valence-electron chi connectivity index (χ0n) is 12.5. The summed E-state index contributed by atoms with van der Waals surface area (Å²) < 4.78 is 5.99. The molecule has 1 aliphatic heterocycles. The SMILES string of the molecule is CC(=O)N1CCC[C@H](Oc2ccccc2C=CC(=O)NO)C1. The second-order valence-electron chi connectivity index (χ2n) is 5.19. The zero-order valence-corrected chi connectivity index (χ0v) is 12.5. The minimum Gasteiger partial charge on any atom is -0.488 e. The number of nitrogens with one attached hydrogen (secondary N) is 1. The quantitative estimate of drug-likeness (QED) is 0.503. The van der Waals surface area contributed by atoms with Gasteiger partial charge in [-0.15, -0.1) is 0 Å². The second-order valence-corrected chi connectivity index (χ2v) is 5.19. The van der Waals surface area contributed by atoms with Gasteiger partial charge in [0.1, 0.15) is 11.9 Å². The number of para-hydroxylation sites is 1. The average molecular weight is 304 g/mol. The Morgan fingerprint density at radius 2 is 2.18 bits per heavy atom. The van der Waals surface area contributed by atoms with Gasteiger partial charge in [-0.1, -0.05) is 18.2 Å². The number of rotatable bonds is 4. The van der Waals surface area contributed by atoms with Crippen molar-refractivity contribution in [1.29, 1.82) is 0 Å². The smallest absolute Gasteiger partial charge is 0.267 e. The van der Waals surface area contributed by atoms with Crippen molar-refractivity contribution < 1.29 is 19.5 Å². The molecule has 0 aromatic heterocycles. The average Bonchev–Trinajstić information content (AvgIpc) is 2.54. The van der Waals surface area contributed by atoms with Crippen molar-refractivity contribution in [3.8, 4) is 5.75 Å². The number of carbonyl (C=O) groups excluding carboxylic acids is 2. The number of nitrogens with zero attached hydrogens (tertiary/aromatic N) is 1. The molecule has 22 heavy (non-hydrogen) atoms. The first-order chi connectivity index (χ1) is 10.6. The summed E-state index contributed by atoms with van der Waals surface area (Å²) in [6.45, 7) is 2.91. The van der Waals surface area contributed by atoms with Crippen molar-refractivity contribution in [3.63, 3.8) is 0 Å². The Labute approximate surface area is 129 Å². The van der Waals surface area contributed by atoms with Gasteiger partial charge in [0.05, 0.1) is 6.54 Å². The lowest BCUT2D eigenvalue weighted by atomic mass is 10.1. The van der Waals surface area contributed by atoms with E-state index in [1.807, 2.05) is 24.3 Å². The van der Waals surface area contributed by atoms with Crippen LogP contribution in [0.2, 0.25) is 0 Å². The summed E-state index contributed by atoms with van der Waals surface area (Å²) in [7, 11) is 0. The predicted octanol–water partition coefficient (Wildman–Crippen LogP) is 1.59. The Kier molecular flexibility index (Phi) is 5.55. The van der Waals surface area contributed by atoms with Crippen LogP contribution in [0.5, 0.6) is 5.75 Å². The summed E-state index contributed by atoms with van der Waals surface area (Å²) in [5, 5.41) is 8.50. The van der Waals surface area contributed by atoms with Crippen molar-refractivity contribution in [2.45, 2.75) is 25.9 Å². The Morgan fingerprint density at radius 3 is 2.91 bits per heavy atom. The Balaban J connectivity index is 2.07. The van der Waals surface area contributed by atoms with Crippen LogP contribution in [0.4, 0.5) is 0 Å². The molecule has 1 aromatic carbocycles. The number of piperidine rings is 1. The van der Waals surface area contributed by atoms with Crippen LogP contribution in [0.15, 0.2) is 30.3 Å². The molecular weight excluding hydrogens is 284 g/mol. The maximum Gasteiger partial charge on any atom is 0.267 e. The lowest BCUT2D eigenvalue weighted by Gasteiger charge is -2.32. The van der Waals surface area contributed by atoms with Crippen molar-refractivity contribution in [2.24, 2.45) is 0 Å². The van der Waals surface area contributed by atoms with Crippen LogP contribution in [0.3, 0.4) is 0 Å². The first kappa shape index (κ1) is 16.0. The Morgan fingerprint density at radius 1 is 1.41 bits per heavy atom. The molecule has 0 aliphatic carbocycles. The third-order valence-electron chi connectivity index (χ3n) is 3.56. The molecule has 0 spiro atoms. The summed E-state index contributed by atoms with van der Waals surface area (Å²) >= 11 is 0. The normalized spacial score (nSPS) is 18.3. The van der Waals surface area contributed by atoms with Gasteiger partial charge in [0.15, 0.2) is 0 Å². The highest BCUT2D eigenvalue weighted by molar-refractivity contribution is 5.91. The minimum atomic E-state index is -0.602. The summed E-state index contributed by atoms with van der Waals surface area (Å²) in [6, 6.07) is 7.34. The van der Waals surface area contributed by atoms with E-state index in [9.17, 15) is 9.59 Å². The highest BCUT2D eigenvalue weighted by Gasteiger charge is 2.23. The fourth-order valence-corrected chi connectivity index (χ4v) is 2.43. The van der Waals surface area contributed by atoms with Crippen LogP contribution >= 0.6 is 0 Å². The molecule has 0 saturated carbocycles. The molecule has 2 rings (SSSR count). The largest absolute Gasteiger partial charge is 0.488 e. The van der Waals surface area contributed by atoms with Gasteiger partial charge in [0.2, 0.25) is 5.91 Å². The number of carbonyl (C=O) groups is 2. The molecule has 1 fully saturated rings. The van der Waals surface area contributed by atoms with E-state index in [0.717, 1.165) is 24.9 Å². The van der Waals surface area contributed by atoms with Crippen molar-refractivity contribution >= 4 is 17.9 Å². The minimum absolute atomic E-state index is 0.0566. The van der Waals surface area contributed by atoms with Gasteiger partial charge in [-0.25, -0.2) is 5.48 Å². The summed E-state index contributed by atoms with van der Waals surface area (Å²) in [6.07, 6.45) is 4.55. The highest BCUT2D eigenvalue weighted by Crippen LogP contribution is 2.23. The van der Waals surface area contributed by atoms with E-state index < -0.39 is 5.91 Å². The molecular formula is C16H20N2O4. The molecule has 1 heterocycles. The van der Waals surface area contributed by atoms with Crippen LogP contribution < -0.4 is 10.2 Å². The molecule has 118 valence electrons. The topological polar surface area (TPSA) is 78.9 Å².